The Balaban J connectivity index is 1.18. The van der Waals surface area contributed by atoms with Crippen LogP contribution in [0.2, 0.25) is 0 Å². The lowest BCUT2D eigenvalue weighted by Gasteiger charge is -2.38. The number of hydrogen-bond acceptors (Lipinski definition) is 8. The molecule has 44 heavy (non-hydrogen) atoms. The number of hydrogen-bond donors (Lipinski definition) is 0. The summed E-state index contributed by atoms with van der Waals surface area (Å²) in [6, 6.07) is 10.5. The van der Waals surface area contributed by atoms with Gasteiger partial charge in [0.15, 0.2) is 0 Å². The quantitative estimate of drug-likeness (QED) is 0.0553. The molecule has 0 aromatic heterocycles. The average Bonchev–Trinajstić information content (AvgIpc) is 3.03. The van der Waals surface area contributed by atoms with Crippen molar-refractivity contribution in [2.45, 2.75) is 96.5 Å². The number of non-ortho nitro benzene ring substituents is 2. The van der Waals surface area contributed by atoms with Gasteiger partial charge in [-0.3, -0.25) is 20.2 Å². The zero-order valence-corrected chi connectivity index (χ0v) is 25.4. The predicted molar refractivity (Wildman–Crippen MR) is 165 cm³/mol. The van der Waals surface area contributed by atoms with E-state index in [0.717, 1.165) is 48.1 Å². The molecule has 0 bridgehead atoms. The zero-order valence-electron chi connectivity index (χ0n) is 25.4. The molecule has 10 heteroatoms. The Kier molecular flexibility index (Phi) is 12.0. The molecule has 4 rings (SSSR count). The second kappa shape index (κ2) is 16.1. The molecular formula is C34H42N2O8. The summed E-state index contributed by atoms with van der Waals surface area (Å²) in [6.45, 7) is 1.83. The molecule has 2 aromatic rings. The number of carbonyl (C=O) groups is 2. The molecule has 0 radical (unpaired) electrons. The van der Waals surface area contributed by atoms with Gasteiger partial charge in [0.25, 0.3) is 11.4 Å². The van der Waals surface area contributed by atoms with Crippen LogP contribution in [0.4, 0.5) is 11.4 Å². The van der Waals surface area contributed by atoms with Gasteiger partial charge < -0.3 is 9.47 Å². The standard InChI is InChI=1S/C34H42N2O8/c1-2-3-4-5-24-6-8-26(9-7-24)27-10-12-28(13-11-27)29-14-16-32(17-15-29)44-34(38)19-18-33(37)43-23-25-20-30(35(39)40)22-31(21-25)36(41)42/h14-22,24,26-28H,2-13,23H2,1H3/b19-18-. The third-order valence-electron chi connectivity index (χ3n) is 9.24. The molecule has 2 aromatic carbocycles. The van der Waals surface area contributed by atoms with Crippen molar-refractivity contribution < 1.29 is 28.9 Å². The van der Waals surface area contributed by atoms with Gasteiger partial charge in [0.05, 0.1) is 15.9 Å². The normalized spacial score (nSPS) is 21.9. The number of nitro groups is 2. The Bertz CT molecular complexity index is 1290. The van der Waals surface area contributed by atoms with Crippen molar-refractivity contribution >= 4 is 23.3 Å². The van der Waals surface area contributed by atoms with Crippen LogP contribution in [-0.2, 0) is 20.9 Å². The molecule has 0 unspecified atom stereocenters. The predicted octanol–water partition coefficient (Wildman–Crippen LogP) is 8.37. The van der Waals surface area contributed by atoms with Crippen LogP contribution in [0.3, 0.4) is 0 Å². The summed E-state index contributed by atoms with van der Waals surface area (Å²) >= 11 is 0. The van der Waals surface area contributed by atoms with Crippen molar-refractivity contribution in [3.05, 3.63) is 86.0 Å². The monoisotopic (exact) mass is 606 g/mol. The van der Waals surface area contributed by atoms with Crippen LogP contribution >= 0.6 is 0 Å². The molecule has 2 fully saturated rings. The molecule has 0 heterocycles. The molecular weight excluding hydrogens is 564 g/mol. The van der Waals surface area contributed by atoms with Gasteiger partial charge in [-0.15, -0.1) is 0 Å². The second-order valence-corrected chi connectivity index (χ2v) is 12.2. The summed E-state index contributed by atoms with van der Waals surface area (Å²) in [5, 5.41) is 22.0. The summed E-state index contributed by atoms with van der Waals surface area (Å²) in [4.78, 5) is 44.7. The smallest absolute Gasteiger partial charge is 0.336 e. The van der Waals surface area contributed by atoms with E-state index in [0.29, 0.717) is 11.7 Å². The van der Waals surface area contributed by atoms with Crippen LogP contribution in [0.25, 0.3) is 0 Å². The van der Waals surface area contributed by atoms with Crippen LogP contribution in [0.1, 0.15) is 101 Å². The number of esters is 2. The Labute approximate surface area is 258 Å². The van der Waals surface area contributed by atoms with Gasteiger partial charge in [0, 0.05) is 29.8 Å². The van der Waals surface area contributed by atoms with Crippen molar-refractivity contribution in [3.8, 4) is 5.75 Å². The van der Waals surface area contributed by atoms with Crippen molar-refractivity contribution in [3.63, 3.8) is 0 Å². The molecule has 0 aliphatic heterocycles. The molecule has 2 aliphatic rings. The first-order valence-electron chi connectivity index (χ1n) is 15.8. The van der Waals surface area contributed by atoms with Crippen molar-refractivity contribution in [1.29, 1.82) is 0 Å². The SMILES string of the molecule is CCCCCC1CCC(C2CCC(c3ccc(OC(=O)/C=C\C(=O)OCc4cc([N+](=O)[O-])cc([N+](=O)[O-])c4)cc3)CC2)CC1. The fourth-order valence-electron chi connectivity index (χ4n) is 6.80. The highest BCUT2D eigenvalue weighted by molar-refractivity contribution is 5.92. The van der Waals surface area contributed by atoms with Crippen LogP contribution in [0.15, 0.2) is 54.6 Å². The maximum atomic E-state index is 12.2. The fourth-order valence-corrected chi connectivity index (χ4v) is 6.80. The van der Waals surface area contributed by atoms with Crippen LogP contribution in [-0.4, -0.2) is 21.8 Å². The van der Waals surface area contributed by atoms with Gasteiger partial charge in [-0.2, -0.15) is 0 Å². The van der Waals surface area contributed by atoms with E-state index in [1.54, 1.807) is 12.1 Å². The maximum absolute atomic E-state index is 12.2. The fraction of sp³-hybridized carbons (Fsp3) is 0.529. The minimum absolute atomic E-state index is 0.0732. The minimum Gasteiger partial charge on any atom is -0.458 e. The molecule has 0 saturated heterocycles. The van der Waals surface area contributed by atoms with E-state index in [4.69, 9.17) is 9.47 Å². The van der Waals surface area contributed by atoms with E-state index in [-0.39, 0.29) is 5.56 Å². The third-order valence-corrected chi connectivity index (χ3v) is 9.24. The summed E-state index contributed by atoms with van der Waals surface area (Å²) in [5.41, 5.74) is 0.342. The summed E-state index contributed by atoms with van der Waals surface area (Å²) in [6.07, 6.45) is 17.9. The minimum atomic E-state index is -0.901. The topological polar surface area (TPSA) is 139 Å². The number of rotatable bonds is 13. The molecule has 0 atom stereocenters. The molecule has 2 saturated carbocycles. The van der Waals surface area contributed by atoms with Crippen LogP contribution in [0.5, 0.6) is 5.75 Å². The van der Waals surface area contributed by atoms with Gasteiger partial charge in [0.1, 0.15) is 12.4 Å². The van der Waals surface area contributed by atoms with Crippen LogP contribution in [0, 0.1) is 38.0 Å². The highest BCUT2D eigenvalue weighted by Crippen LogP contribution is 2.44. The number of ether oxygens (including phenoxy) is 2. The van der Waals surface area contributed by atoms with Gasteiger partial charge in [-0.1, -0.05) is 57.6 Å². The Morgan fingerprint density at radius 2 is 1.36 bits per heavy atom. The van der Waals surface area contributed by atoms with E-state index in [2.05, 4.69) is 6.92 Å². The van der Waals surface area contributed by atoms with E-state index < -0.39 is 39.8 Å². The average molecular weight is 607 g/mol. The molecule has 0 spiro atoms. The lowest BCUT2D eigenvalue weighted by Crippen LogP contribution is -2.25. The second-order valence-electron chi connectivity index (χ2n) is 12.2. The van der Waals surface area contributed by atoms with E-state index >= 15 is 0 Å². The van der Waals surface area contributed by atoms with Gasteiger partial charge in [-0.25, -0.2) is 9.59 Å². The van der Waals surface area contributed by atoms with Crippen molar-refractivity contribution in [2.24, 2.45) is 17.8 Å². The first kappa shape index (κ1) is 32.8. The van der Waals surface area contributed by atoms with Gasteiger partial charge in [0.2, 0.25) is 0 Å². The lowest BCUT2D eigenvalue weighted by molar-refractivity contribution is -0.394. The lowest BCUT2D eigenvalue weighted by atomic mass is 9.68. The zero-order chi connectivity index (χ0) is 31.5. The van der Waals surface area contributed by atoms with Crippen molar-refractivity contribution in [2.75, 3.05) is 0 Å². The van der Waals surface area contributed by atoms with E-state index in [1.165, 1.54) is 82.6 Å². The first-order valence-corrected chi connectivity index (χ1v) is 15.8. The number of unbranched alkanes of at least 4 members (excludes halogenated alkanes) is 2. The third kappa shape index (κ3) is 9.72. The highest BCUT2D eigenvalue weighted by Gasteiger charge is 2.31. The molecule has 10 nitrogen and oxygen atoms in total. The Morgan fingerprint density at radius 1 is 0.795 bits per heavy atom. The van der Waals surface area contributed by atoms with Gasteiger partial charge >= 0.3 is 11.9 Å². The molecule has 0 amide bonds. The van der Waals surface area contributed by atoms with Crippen LogP contribution < -0.4 is 4.74 Å². The van der Waals surface area contributed by atoms with Crippen molar-refractivity contribution in [1.82, 2.24) is 0 Å². The number of carbonyl (C=O) groups excluding carboxylic acids is 2. The summed E-state index contributed by atoms with van der Waals surface area (Å²) < 4.78 is 10.3. The van der Waals surface area contributed by atoms with Gasteiger partial charge in [-0.05, 0) is 79.9 Å². The first-order chi connectivity index (χ1) is 21.2. The maximum Gasteiger partial charge on any atom is 0.336 e. The number of benzene rings is 2. The molecule has 0 N–H and O–H groups in total. The van der Waals surface area contributed by atoms with E-state index in [1.807, 2.05) is 12.1 Å². The summed E-state index contributed by atoms with van der Waals surface area (Å²) in [7, 11) is 0. The molecule has 2 aliphatic carbocycles. The number of nitro benzene ring substituents is 2. The Morgan fingerprint density at radius 3 is 1.93 bits per heavy atom. The molecule has 236 valence electrons. The Hall–Kier alpha value is -4.08. The summed E-state index contributed by atoms with van der Waals surface area (Å²) in [5.74, 6) is 1.92. The largest absolute Gasteiger partial charge is 0.458 e. The number of nitrogens with zero attached hydrogens (tertiary/aromatic N) is 2. The highest BCUT2D eigenvalue weighted by atomic mass is 16.6. The van der Waals surface area contributed by atoms with E-state index in [9.17, 15) is 29.8 Å².